The van der Waals surface area contributed by atoms with Gasteiger partial charge in [-0.2, -0.15) is 0 Å². The van der Waals surface area contributed by atoms with E-state index in [1.165, 1.54) is 12.1 Å². The fourth-order valence-corrected chi connectivity index (χ4v) is 7.49. The average molecular weight is 681 g/mol. The number of carbonyl (C=O) groups excluding carboxylic acids is 2. The molecule has 13 heteroatoms. The molecular formula is C34H31ClF2N4O5S. The number of nitrogens with two attached hydrogens (primary N) is 1. The van der Waals surface area contributed by atoms with Crippen LogP contribution in [0.2, 0.25) is 5.02 Å². The number of hydrogen-bond donors (Lipinski definition) is 3. The van der Waals surface area contributed by atoms with E-state index in [0.29, 0.717) is 35.6 Å². The van der Waals surface area contributed by atoms with E-state index in [2.05, 4.69) is 10.3 Å². The second-order valence-electron chi connectivity index (χ2n) is 13.3. The van der Waals surface area contributed by atoms with Crippen molar-refractivity contribution in [3.63, 3.8) is 0 Å². The maximum atomic E-state index is 15.4. The van der Waals surface area contributed by atoms with Crippen LogP contribution in [0.5, 0.6) is 11.5 Å². The number of pyridine rings is 1. The van der Waals surface area contributed by atoms with Crippen LogP contribution in [0, 0.1) is 17.6 Å². The molecule has 0 bridgehead atoms. The molecule has 2 aromatic carbocycles. The topological polar surface area (TPSA) is 137 Å². The van der Waals surface area contributed by atoms with Gasteiger partial charge in [-0.15, -0.1) is 11.3 Å². The van der Waals surface area contributed by atoms with Crippen molar-refractivity contribution >= 4 is 45.0 Å². The summed E-state index contributed by atoms with van der Waals surface area (Å²) in [6.07, 6.45) is 5.53. The third kappa shape index (κ3) is 5.21. The number of halogens is 3. The molecule has 244 valence electrons. The van der Waals surface area contributed by atoms with Gasteiger partial charge in [0.2, 0.25) is 5.91 Å². The van der Waals surface area contributed by atoms with Gasteiger partial charge in [0, 0.05) is 22.6 Å². The molecule has 0 radical (unpaired) electrons. The number of aromatic nitrogens is 2. The van der Waals surface area contributed by atoms with Gasteiger partial charge in [0.25, 0.3) is 5.91 Å². The van der Waals surface area contributed by atoms with E-state index in [9.17, 15) is 19.1 Å². The Hall–Kier alpha value is -3.87. The summed E-state index contributed by atoms with van der Waals surface area (Å²) in [5.41, 5.74) is 4.07. The maximum absolute atomic E-state index is 15.4. The zero-order chi connectivity index (χ0) is 32.8. The first-order valence-electron chi connectivity index (χ1n) is 15.7. The summed E-state index contributed by atoms with van der Waals surface area (Å²) in [6, 6.07) is 7.22. The van der Waals surface area contributed by atoms with Gasteiger partial charge in [-0.1, -0.05) is 11.6 Å². The van der Waals surface area contributed by atoms with Crippen LogP contribution < -0.4 is 20.5 Å². The largest absolute Gasteiger partial charge is 0.489 e. The van der Waals surface area contributed by atoms with Crippen LogP contribution in [0.4, 0.5) is 8.78 Å². The number of primary amides is 1. The summed E-state index contributed by atoms with van der Waals surface area (Å²) in [5, 5.41) is 15.5. The minimum atomic E-state index is -1.71. The highest BCUT2D eigenvalue weighted by Crippen LogP contribution is 2.51. The van der Waals surface area contributed by atoms with Crippen molar-refractivity contribution in [2.45, 2.75) is 68.5 Å². The summed E-state index contributed by atoms with van der Waals surface area (Å²) >= 11 is 7.49. The first-order chi connectivity index (χ1) is 22.5. The van der Waals surface area contributed by atoms with Gasteiger partial charge in [-0.25, -0.2) is 18.7 Å². The Morgan fingerprint density at radius 3 is 2.62 bits per heavy atom. The van der Waals surface area contributed by atoms with Crippen molar-refractivity contribution in [3.05, 3.63) is 68.8 Å². The Morgan fingerprint density at radius 2 is 1.94 bits per heavy atom. The van der Waals surface area contributed by atoms with Gasteiger partial charge >= 0.3 is 0 Å². The SMILES string of the molecule is C[C@]1(C(N)=O)COc2c1cc([C@@](O)(CNC(=O)c1cc(OC3CC3)c3nc(C4CC4)sc3c1)C1CC1)nc2-c1ccc(F)c(Cl)c1F. The van der Waals surface area contributed by atoms with Crippen molar-refractivity contribution in [3.8, 4) is 22.8 Å². The van der Waals surface area contributed by atoms with E-state index >= 15 is 4.39 Å². The summed E-state index contributed by atoms with van der Waals surface area (Å²) in [4.78, 5) is 35.8. The summed E-state index contributed by atoms with van der Waals surface area (Å²) in [6.45, 7) is 1.22. The molecule has 0 saturated heterocycles. The molecule has 9 nitrogen and oxygen atoms in total. The lowest BCUT2D eigenvalue weighted by atomic mass is 9.81. The van der Waals surface area contributed by atoms with Crippen LogP contribution in [0.1, 0.15) is 78.0 Å². The molecule has 0 unspecified atom stereocenters. The first kappa shape index (κ1) is 30.5. The molecule has 3 heterocycles. The molecule has 47 heavy (non-hydrogen) atoms. The lowest BCUT2D eigenvalue weighted by molar-refractivity contribution is -0.123. The summed E-state index contributed by atoms with van der Waals surface area (Å²) < 4.78 is 42.4. The van der Waals surface area contributed by atoms with Crippen molar-refractivity contribution in [2.24, 2.45) is 11.7 Å². The van der Waals surface area contributed by atoms with E-state index in [4.69, 9.17) is 31.8 Å². The van der Waals surface area contributed by atoms with Gasteiger partial charge in [0.05, 0.1) is 28.1 Å². The van der Waals surface area contributed by atoms with Crippen molar-refractivity contribution in [2.75, 3.05) is 13.2 Å². The third-order valence-corrected chi connectivity index (χ3v) is 11.1. The zero-order valence-corrected chi connectivity index (χ0v) is 26.9. The number of ether oxygens (including phenoxy) is 2. The monoisotopic (exact) mass is 680 g/mol. The predicted molar refractivity (Wildman–Crippen MR) is 171 cm³/mol. The third-order valence-electron chi connectivity index (χ3n) is 9.60. The standard InChI is InChI=1S/C34H31ClF2N4O5S/c1-33(32(38)43)14-45-29-20(33)12-24(40-27(29)19-8-9-21(36)25(35)26(19)37)34(44,17-4-5-17)13-39-30(42)16-10-22(46-18-6-7-18)28-23(11-16)47-31(41-28)15-2-3-15/h8-12,15,17-18,44H,2-7,13-14H2,1H3,(H2,38,43)(H,39,42)/t33-,34+/m0/s1. The van der Waals surface area contributed by atoms with Crippen LogP contribution in [0.15, 0.2) is 30.3 Å². The van der Waals surface area contributed by atoms with Gasteiger partial charge < -0.3 is 25.6 Å². The van der Waals surface area contributed by atoms with Crippen LogP contribution in [-0.4, -0.2) is 46.1 Å². The number of nitrogens with one attached hydrogen (secondary N) is 1. The minimum absolute atomic E-state index is 0.0590. The number of nitrogens with zero attached hydrogens (tertiary/aromatic N) is 2. The van der Waals surface area contributed by atoms with Crippen LogP contribution in [0.25, 0.3) is 21.5 Å². The fourth-order valence-electron chi connectivity index (χ4n) is 6.13. The smallest absolute Gasteiger partial charge is 0.251 e. The molecule has 4 N–H and O–H groups in total. The Labute approximate surface area is 277 Å². The zero-order valence-electron chi connectivity index (χ0n) is 25.4. The molecule has 2 aromatic heterocycles. The predicted octanol–water partition coefficient (Wildman–Crippen LogP) is 5.87. The Kier molecular flexibility index (Phi) is 7.02. The average Bonchev–Trinajstić information content (AvgIpc) is 3.93. The normalized spacial score (nSPS) is 21.6. The van der Waals surface area contributed by atoms with E-state index in [1.54, 1.807) is 30.4 Å². The van der Waals surface area contributed by atoms with E-state index in [-0.39, 0.29) is 47.9 Å². The number of amides is 2. The Morgan fingerprint density at radius 1 is 1.17 bits per heavy atom. The quantitative estimate of drug-likeness (QED) is 0.178. The Bertz CT molecular complexity index is 1990. The molecule has 3 saturated carbocycles. The second kappa shape index (κ2) is 10.8. The number of hydrogen-bond acceptors (Lipinski definition) is 8. The lowest BCUT2D eigenvalue weighted by Crippen LogP contribution is -2.44. The van der Waals surface area contributed by atoms with Crippen molar-refractivity contribution in [1.29, 1.82) is 0 Å². The number of rotatable bonds is 10. The minimum Gasteiger partial charge on any atom is -0.489 e. The number of thiazole rings is 1. The molecule has 4 aromatic rings. The van der Waals surface area contributed by atoms with Crippen molar-refractivity contribution < 1.29 is 33.0 Å². The molecule has 1 aliphatic heterocycles. The summed E-state index contributed by atoms with van der Waals surface area (Å²) in [5.74, 6) is -2.29. The number of fused-ring (bicyclic) bond motifs is 2. The number of benzene rings is 2. The number of carbonyl (C=O) groups is 2. The van der Waals surface area contributed by atoms with Crippen LogP contribution in [0.3, 0.4) is 0 Å². The van der Waals surface area contributed by atoms with Gasteiger partial charge in [0.1, 0.15) is 51.2 Å². The number of aliphatic hydroxyl groups is 1. The molecule has 3 aliphatic carbocycles. The van der Waals surface area contributed by atoms with Crippen LogP contribution >= 0.6 is 22.9 Å². The highest BCUT2D eigenvalue weighted by molar-refractivity contribution is 7.18. The molecule has 8 rings (SSSR count). The van der Waals surface area contributed by atoms with Gasteiger partial charge in [-0.05, 0) is 81.7 Å². The fraction of sp³-hybridized carbons (Fsp3) is 0.412. The first-order valence-corrected chi connectivity index (χ1v) is 16.9. The Balaban J connectivity index is 1.17. The van der Waals surface area contributed by atoms with Crippen molar-refractivity contribution in [1.82, 2.24) is 15.3 Å². The molecular weight excluding hydrogens is 650 g/mol. The molecule has 0 spiro atoms. The second-order valence-corrected chi connectivity index (χ2v) is 14.7. The molecule has 4 aliphatic rings. The van der Waals surface area contributed by atoms with Gasteiger partial charge in [0.15, 0.2) is 5.82 Å². The highest BCUT2D eigenvalue weighted by atomic mass is 35.5. The van der Waals surface area contributed by atoms with E-state index < -0.39 is 39.5 Å². The van der Waals surface area contributed by atoms with E-state index in [0.717, 1.165) is 47.0 Å². The van der Waals surface area contributed by atoms with Crippen LogP contribution in [-0.2, 0) is 15.8 Å². The van der Waals surface area contributed by atoms with E-state index in [1.807, 2.05) is 0 Å². The maximum Gasteiger partial charge on any atom is 0.251 e. The van der Waals surface area contributed by atoms with Gasteiger partial charge in [-0.3, -0.25) is 9.59 Å². The molecule has 2 amide bonds. The summed E-state index contributed by atoms with van der Waals surface area (Å²) in [7, 11) is 0. The highest BCUT2D eigenvalue weighted by Gasteiger charge is 2.50. The molecule has 3 fully saturated rings. The lowest BCUT2D eigenvalue weighted by Gasteiger charge is -2.30. The molecule has 2 atom stereocenters.